The topological polar surface area (TPSA) is 41.1 Å². The Kier molecular flexibility index (Phi) is 5.23. The van der Waals surface area contributed by atoms with Gasteiger partial charge < -0.3 is 10.6 Å². The molecular weight excluding hydrogens is 260 g/mol. The predicted octanol–water partition coefficient (Wildman–Crippen LogP) is 3.05. The summed E-state index contributed by atoms with van der Waals surface area (Å²) in [4.78, 5) is 12.2. The van der Waals surface area contributed by atoms with E-state index in [-0.39, 0.29) is 18.0 Å². The number of benzene rings is 1. The zero-order valence-electron chi connectivity index (χ0n) is 11.3. The maximum atomic E-state index is 12.2. The van der Waals surface area contributed by atoms with Crippen molar-refractivity contribution < 1.29 is 4.79 Å². The van der Waals surface area contributed by atoms with Crippen molar-refractivity contribution in [2.24, 2.45) is 0 Å². The Morgan fingerprint density at radius 2 is 2.16 bits per heavy atom. The molecule has 1 saturated heterocycles. The number of carbonyl (C=O) groups excluding carboxylic acids is 1. The number of halogens is 1. The molecule has 104 valence electrons. The molecule has 0 radical (unpaired) electrons. The highest BCUT2D eigenvalue weighted by molar-refractivity contribution is 6.31. The van der Waals surface area contributed by atoms with Gasteiger partial charge in [-0.25, -0.2) is 0 Å². The maximum Gasteiger partial charge on any atom is 0.237 e. The third-order valence-electron chi connectivity index (χ3n) is 3.61. The van der Waals surface area contributed by atoms with Gasteiger partial charge >= 0.3 is 0 Å². The van der Waals surface area contributed by atoms with Crippen LogP contribution in [0, 0.1) is 0 Å². The third-order valence-corrected chi connectivity index (χ3v) is 3.95. The molecule has 2 atom stereocenters. The SMILES string of the molecule is C[C@H](NC(=O)C1CCCCCN1)c1ccccc1Cl. The molecule has 1 unspecified atom stereocenters. The fraction of sp³-hybridized carbons (Fsp3) is 0.533. The van der Waals surface area contributed by atoms with E-state index in [1.54, 1.807) is 0 Å². The van der Waals surface area contributed by atoms with E-state index in [9.17, 15) is 4.79 Å². The van der Waals surface area contributed by atoms with Gasteiger partial charge in [-0.2, -0.15) is 0 Å². The first-order valence-electron chi connectivity index (χ1n) is 6.96. The lowest BCUT2D eigenvalue weighted by atomic mass is 10.1. The van der Waals surface area contributed by atoms with Crippen LogP contribution in [0.4, 0.5) is 0 Å². The molecule has 19 heavy (non-hydrogen) atoms. The molecule has 0 aromatic heterocycles. The molecule has 2 N–H and O–H groups in total. The standard InChI is InChI=1S/C15H21ClN2O/c1-11(12-7-4-5-8-13(12)16)18-15(19)14-9-3-2-6-10-17-14/h4-5,7-8,11,14,17H,2-3,6,9-10H2,1H3,(H,18,19)/t11-,14?/m0/s1. The summed E-state index contributed by atoms with van der Waals surface area (Å²) < 4.78 is 0. The molecule has 1 aromatic carbocycles. The van der Waals surface area contributed by atoms with Crippen LogP contribution in [-0.4, -0.2) is 18.5 Å². The third kappa shape index (κ3) is 3.95. The molecule has 2 rings (SSSR count). The molecular formula is C15H21ClN2O. The summed E-state index contributed by atoms with van der Waals surface area (Å²) >= 11 is 6.15. The Labute approximate surface area is 119 Å². The molecule has 1 amide bonds. The normalized spacial score (nSPS) is 21.5. The summed E-state index contributed by atoms with van der Waals surface area (Å²) in [7, 11) is 0. The van der Waals surface area contributed by atoms with Crippen molar-refractivity contribution in [2.45, 2.75) is 44.7 Å². The van der Waals surface area contributed by atoms with Crippen molar-refractivity contribution in [1.82, 2.24) is 10.6 Å². The zero-order chi connectivity index (χ0) is 13.7. The molecule has 4 heteroatoms. The van der Waals surface area contributed by atoms with E-state index in [4.69, 9.17) is 11.6 Å². The van der Waals surface area contributed by atoms with Crippen molar-refractivity contribution in [1.29, 1.82) is 0 Å². The maximum absolute atomic E-state index is 12.2. The quantitative estimate of drug-likeness (QED) is 0.893. The van der Waals surface area contributed by atoms with Crippen LogP contribution in [0.1, 0.15) is 44.2 Å². The number of hydrogen-bond acceptors (Lipinski definition) is 2. The highest BCUT2D eigenvalue weighted by Crippen LogP contribution is 2.22. The molecule has 3 nitrogen and oxygen atoms in total. The van der Waals surface area contributed by atoms with Gasteiger partial charge in [0.25, 0.3) is 0 Å². The summed E-state index contributed by atoms with van der Waals surface area (Å²) in [6, 6.07) is 7.51. The second-order valence-electron chi connectivity index (χ2n) is 5.11. The molecule has 1 heterocycles. The van der Waals surface area contributed by atoms with Gasteiger partial charge in [-0.05, 0) is 37.9 Å². The minimum Gasteiger partial charge on any atom is -0.348 e. The van der Waals surface area contributed by atoms with Crippen LogP contribution in [0.15, 0.2) is 24.3 Å². The van der Waals surface area contributed by atoms with Crippen LogP contribution in [0.2, 0.25) is 5.02 Å². The summed E-state index contributed by atoms with van der Waals surface area (Å²) in [5.74, 6) is 0.0781. The average molecular weight is 281 g/mol. The largest absolute Gasteiger partial charge is 0.348 e. The molecule has 1 fully saturated rings. The Hall–Kier alpha value is -1.06. The Morgan fingerprint density at radius 1 is 1.37 bits per heavy atom. The summed E-state index contributed by atoms with van der Waals surface area (Å²) in [5.41, 5.74) is 0.964. The molecule has 0 bridgehead atoms. The minimum absolute atomic E-state index is 0.0626. The lowest BCUT2D eigenvalue weighted by Crippen LogP contribution is -2.44. The van der Waals surface area contributed by atoms with Crippen LogP contribution in [0.3, 0.4) is 0 Å². The first-order chi connectivity index (χ1) is 9.18. The van der Waals surface area contributed by atoms with Crippen molar-refractivity contribution in [3.8, 4) is 0 Å². The number of rotatable bonds is 3. The Balaban J connectivity index is 1.96. The van der Waals surface area contributed by atoms with Gasteiger partial charge in [-0.1, -0.05) is 42.6 Å². The lowest BCUT2D eigenvalue weighted by Gasteiger charge is -2.20. The van der Waals surface area contributed by atoms with Gasteiger partial charge in [0, 0.05) is 5.02 Å². The van der Waals surface area contributed by atoms with Crippen LogP contribution < -0.4 is 10.6 Å². The average Bonchev–Trinajstić information content (AvgIpc) is 2.68. The number of nitrogens with one attached hydrogen (secondary N) is 2. The van der Waals surface area contributed by atoms with E-state index in [1.165, 1.54) is 6.42 Å². The second-order valence-corrected chi connectivity index (χ2v) is 5.52. The summed E-state index contributed by atoms with van der Waals surface area (Å²) in [5, 5.41) is 7.05. The zero-order valence-corrected chi connectivity index (χ0v) is 12.0. The van der Waals surface area contributed by atoms with Gasteiger partial charge in [0.1, 0.15) is 0 Å². The number of hydrogen-bond donors (Lipinski definition) is 2. The monoisotopic (exact) mass is 280 g/mol. The van der Waals surface area contributed by atoms with Gasteiger partial charge in [-0.3, -0.25) is 4.79 Å². The van der Waals surface area contributed by atoms with E-state index in [0.29, 0.717) is 5.02 Å². The highest BCUT2D eigenvalue weighted by Gasteiger charge is 2.21. The van der Waals surface area contributed by atoms with E-state index in [1.807, 2.05) is 31.2 Å². The van der Waals surface area contributed by atoms with Crippen molar-refractivity contribution in [2.75, 3.05) is 6.54 Å². The van der Waals surface area contributed by atoms with E-state index in [2.05, 4.69) is 10.6 Å². The van der Waals surface area contributed by atoms with Gasteiger partial charge in [-0.15, -0.1) is 0 Å². The summed E-state index contributed by atoms with van der Waals surface area (Å²) in [6.45, 7) is 2.90. The highest BCUT2D eigenvalue weighted by atomic mass is 35.5. The van der Waals surface area contributed by atoms with Crippen molar-refractivity contribution in [3.63, 3.8) is 0 Å². The van der Waals surface area contributed by atoms with Crippen molar-refractivity contribution in [3.05, 3.63) is 34.9 Å². The first kappa shape index (κ1) is 14.4. The predicted molar refractivity (Wildman–Crippen MR) is 78.3 cm³/mol. The van der Waals surface area contributed by atoms with E-state index >= 15 is 0 Å². The molecule has 1 aliphatic rings. The first-order valence-corrected chi connectivity index (χ1v) is 7.34. The fourth-order valence-corrected chi connectivity index (χ4v) is 2.77. The minimum atomic E-state index is -0.0637. The van der Waals surface area contributed by atoms with Crippen LogP contribution >= 0.6 is 11.6 Å². The van der Waals surface area contributed by atoms with Crippen LogP contribution in [0.25, 0.3) is 0 Å². The van der Waals surface area contributed by atoms with Gasteiger partial charge in [0.05, 0.1) is 12.1 Å². The summed E-state index contributed by atoms with van der Waals surface area (Å²) in [6.07, 6.45) is 4.40. The van der Waals surface area contributed by atoms with Crippen molar-refractivity contribution >= 4 is 17.5 Å². The van der Waals surface area contributed by atoms with Gasteiger partial charge in [0.2, 0.25) is 5.91 Å². The molecule has 1 aromatic rings. The molecule has 0 aliphatic carbocycles. The Morgan fingerprint density at radius 3 is 2.95 bits per heavy atom. The van der Waals surface area contributed by atoms with Crippen LogP contribution in [-0.2, 0) is 4.79 Å². The van der Waals surface area contributed by atoms with E-state index < -0.39 is 0 Å². The molecule has 1 aliphatic heterocycles. The van der Waals surface area contributed by atoms with Gasteiger partial charge in [0.15, 0.2) is 0 Å². The fourth-order valence-electron chi connectivity index (χ4n) is 2.47. The Bertz CT molecular complexity index is 428. The smallest absolute Gasteiger partial charge is 0.237 e. The second kappa shape index (κ2) is 6.92. The number of carbonyl (C=O) groups is 1. The molecule has 0 spiro atoms. The number of amides is 1. The molecule has 0 saturated carbocycles. The van der Waals surface area contributed by atoms with E-state index in [0.717, 1.165) is 31.4 Å². The van der Waals surface area contributed by atoms with Crippen LogP contribution in [0.5, 0.6) is 0 Å². The lowest BCUT2D eigenvalue weighted by molar-refractivity contribution is -0.123.